The molecule has 1 N–H and O–H groups in total. The third-order valence-corrected chi connectivity index (χ3v) is 8.79. The standard InChI is InChI=1S/C34H51FN6O3/c1-23(2)41(24(3)4)32(42)28-20-26(35)10-13-29(28)44-30-21-36-22-37-31(30)40-18-16-39(17-19-40)15-14-25-8-11-27(12-9-25)38-33(43)34(5,6)7/h10,13,20-25,27H,8-9,11-12,14-19H2,1-7H3,(H,38,43). The number of carbonyl (C=O) groups is 2. The molecule has 4 rings (SSSR count). The molecule has 1 aromatic carbocycles. The first-order valence-corrected chi connectivity index (χ1v) is 16.2. The monoisotopic (exact) mass is 610 g/mol. The lowest BCUT2D eigenvalue weighted by Gasteiger charge is -2.37. The predicted molar refractivity (Wildman–Crippen MR) is 172 cm³/mol. The second-order valence-corrected chi connectivity index (χ2v) is 13.9. The smallest absolute Gasteiger partial charge is 0.258 e. The van der Waals surface area contributed by atoms with Crippen LogP contribution in [0.1, 0.15) is 90.9 Å². The van der Waals surface area contributed by atoms with Gasteiger partial charge in [-0.1, -0.05) is 20.8 Å². The molecule has 0 bridgehead atoms. The van der Waals surface area contributed by atoms with Crippen LogP contribution in [0, 0.1) is 17.2 Å². The number of nitrogens with one attached hydrogen (secondary N) is 1. The summed E-state index contributed by atoms with van der Waals surface area (Å²) in [5, 5.41) is 3.24. The maximum Gasteiger partial charge on any atom is 0.258 e. The van der Waals surface area contributed by atoms with E-state index >= 15 is 0 Å². The van der Waals surface area contributed by atoms with Crippen molar-refractivity contribution in [3.05, 3.63) is 42.1 Å². The number of aromatic nitrogens is 2. The summed E-state index contributed by atoms with van der Waals surface area (Å²) in [5.74, 6) is 1.47. The lowest BCUT2D eigenvalue weighted by atomic mass is 9.83. The van der Waals surface area contributed by atoms with Gasteiger partial charge in [0.1, 0.15) is 17.9 Å². The van der Waals surface area contributed by atoms with Crippen LogP contribution in [-0.2, 0) is 4.79 Å². The van der Waals surface area contributed by atoms with E-state index in [1.807, 2.05) is 48.5 Å². The topological polar surface area (TPSA) is 90.9 Å². The number of carbonyl (C=O) groups excluding carboxylic acids is 2. The molecule has 44 heavy (non-hydrogen) atoms. The lowest BCUT2D eigenvalue weighted by Crippen LogP contribution is -2.47. The number of benzene rings is 1. The van der Waals surface area contributed by atoms with Crippen LogP contribution in [0.3, 0.4) is 0 Å². The van der Waals surface area contributed by atoms with Crippen LogP contribution < -0.4 is 15.0 Å². The Bertz CT molecular complexity index is 1260. The molecule has 1 saturated heterocycles. The molecule has 242 valence electrons. The van der Waals surface area contributed by atoms with E-state index in [4.69, 9.17) is 4.74 Å². The van der Waals surface area contributed by atoms with Gasteiger partial charge in [0.2, 0.25) is 5.91 Å². The average molecular weight is 611 g/mol. The molecule has 2 heterocycles. The SMILES string of the molecule is CC(C)N(C(=O)c1cc(F)ccc1Oc1cncnc1N1CCN(CCC2CCC(NC(=O)C(C)(C)C)CC2)CC1)C(C)C. The number of amides is 2. The highest BCUT2D eigenvalue weighted by Gasteiger charge is 2.29. The Balaban J connectivity index is 1.33. The van der Waals surface area contributed by atoms with Gasteiger partial charge >= 0.3 is 0 Å². The number of hydrogen-bond donors (Lipinski definition) is 1. The van der Waals surface area contributed by atoms with Crippen LogP contribution >= 0.6 is 0 Å². The second kappa shape index (κ2) is 14.7. The van der Waals surface area contributed by atoms with Crippen molar-refractivity contribution in [3.8, 4) is 11.5 Å². The molecule has 1 aromatic heterocycles. The van der Waals surface area contributed by atoms with Crippen molar-refractivity contribution in [3.63, 3.8) is 0 Å². The van der Waals surface area contributed by atoms with Crippen LogP contribution in [-0.4, -0.2) is 82.4 Å². The highest BCUT2D eigenvalue weighted by atomic mass is 19.1. The highest BCUT2D eigenvalue weighted by Crippen LogP contribution is 2.34. The number of nitrogens with zero attached hydrogens (tertiary/aromatic N) is 5. The van der Waals surface area contributed by atoms with Crippen LogP contribution in [0.4, 0.5) is 10.2 Å². The molecule has 2 fully saturated rings. The molecular weight excluding hydrogens is 559 g/mol. The fraction of sp³-hybridized carbons (Fsp3) is 0.647. The lowest BCUT2D eigenvalue weighted by molar-refractivity contribution is -0.129. The molecule has 2 aliphatic rings. The number of ether oxygens (including phenoxy) is 1. The van der Waals surface area contributed by atoms with Gasteiger partial charge in [-0.05, 0) is 90.5 Å². The Labute approximate surface area is 262 Å². The van der Waals surface area contributed by atoms with E-state index < -0.39 is 5.82 Å². The van der Waals surface area contributed by atoms with Gasteiger partial charge in [-0.25, -0.2) is 14.4 Å². The summed E-state index contributed by atoms with van der Waals surface area (Å²) >= 11 is 0. The third kappa shape index (κ3) is 8.67. The quantitative estimate of drug-likeness (QED) is 0.358. The second-order valence-electron chi connectivity index (χ2n) is 13.9. The van der Waals surface area contributed by atoms with Crippen molar-refractivity contribution < 1.29 is 18.7 Å². The van der Waals surface area contributed by atoms with E-state index in [1.54, 1.807) is 11.1 Å². The zero-order valence-corrected chi connectivity index (χ0v) is 27.6. The molecule has 0 spiro atoms. The maximum atomic E-state index is 14.3. The van der Waals surface area contributed by atoms with E-state index in [1.165, 1.54) is 30.9 Å². The Hall–Kier alpha value is -3.27. The minimum Gasteiger partial charge on any atom is -0.451 e. The Kier molecular flexibility index (Phi) is 11.2. The number of halogens is 1. The van der Waals surface area contributed by atoms with Crippen LogP contribution in [0.25, 0.3) is 0 Å². The molecule has 1 aliphatic carbocycles. The van der Waals surface area contributed by atoms with Gasteiger partial charge in [0.25, 0.3) is 5.91 Å². The fourth-order valence-electron chi connectivity index (χ4n) is 6.25. The van der Waals surface area contributed by atoms with Crippen molar-refractivity contribution in [1.29, 1.82) is 0 Å². The first kappa shape index (κ1) is 33.6. The summed E-state index contributed by atoms with van der Waals surface area (Å²) in [6, 6.07) is 4.24. The summed E-state index contributed by atoms with van der Waals surface area (Å²) < 4.78 is 20.6. The van der Waals surface area contributed by atoms with E-state index in [9.17, 15) is 14.0 Å². The van der Waals surface area contributed by atoms with Gasteiger partial charge in [-0.3, -0.25) is 14.5 Å². The fourth-order valence-corrected chi connectivity index (χ4v) is 6.25. The predicted octanol–water partition coefficient (Wildman–Crippen LogP) is 5.90. The van der Waals surface area contributed by atoms with Gasteiger partial charge in [-0.15, -0.1) is 0 Å². The molecule has 1 aliphatic heterocycles. The molecule has 0 unspecified atom stereocenters. The summed E-state index contributed by atoms with van der Waals surface area (Å²) in [6.45, 7) is 18.2. The van der Waals surface area contributed by atoms with Gasteiger partial charge in [-0.2, -0.15) is 0 Å². The van der Waals surface area contributed by atoms with E-state index in [0.717, 1.165) is 58.4 Å². The first-order valence-electron chi connectivity index (χ1n) is 16.2. The Morgan fingerprint density at radius 2 is 1.68 bits per heavy atom. The molecular formula is C34H51FN6O3. The molecule has 0 atom stereocenters. The molecule has 2 aromatic rings. The zero-order chi connectivity index (χ0) is 32.0. The summed E-state index contributed by atoms with van der Waals surface area (Å²) in [5.41, 5.74) is -0.165. The Morgan fingerprint density at radius 3 is 2.30 bits per heavy atom. The minimum atomic E-state index is -0.492. The summed E-state index contributed by atoms with van der Waals surface area (Å²) in [6.07, 6.45) is 8.73. The number of anilines is 1. The number of piperazine rings is 1. The normalized spacial score (nSPS) is 19.7. The number of hydrogen-bond acceptors (Lipinski definition) is 7. The molecule has 10 heteroatoms. The largest absolute Gasteiger partial charge is 0.451 e. The van der Waals surface area contributed by atoms with Crippen molar-refractivity contribution >= 4 is 17.6 Å². The van der Waals surface area contributed by atoms with Crippen molar-refractivity contribution in [1.82, 2.24) is 25.1 Å². The van der Waals surface area contributed by atoms with E-state index in [2.05, 4.69) is 25.1 Å². The number of rotatable bonds is 10. The maximum absolute atomic E-state index is 14.3. The van der Waals surface area contributed by atoms with Crippen molar-refractivity contribution in [2.24, 2.45) is 11.3 Å². The van der Waals surface area contributed by atoms with Gasteiger partial charge in [0, 0.05) is 49.7 Å². The first-order chi connectivity index (χ1) is 20.8. The minimum absolute atomic E-state index is 0.0540. The summed E-state index contributed by atoms with van der Waals surface area (Å²) in [4.78, 5) is 41.0. The van der Waals surface area contributed by atoms with Crippen molar-refractivity contribution in [2.45, 2.75) is 98.7 Å². The van der Waals surface area contributed by atoms with Crippen LogP contribution in [0.15, 0.2) is 30.7 Å². The van der Waals surface area contributed by atoms with Crippen LogP contribution in [0.5, 0.6) is 11.5 Å². The van der Waals surface area contributed by atoms with E-state index in [-0.39, 0.29) is 40.6 Å². The van der Waals surface area contributed by atoms with E-state index in [0.29, 0.717) is 23.5 Å². The average Bonchev–Trinajstić information content (AvgIpc) is 2.97. The van der Waals surface area contributed by atoms with Crippen molar-refractivity contribution in [2.75, 3.05) is 37.6 Å². The zero-order valence-electron chi connectivity index (χ0n) is 27.6. The molecule has 9 nitrogen and oxygen atoms in total. The Morgan fingerprint density at radius 1 is 1.02 bits per heavy atom. The van der Waals surface area contributed by atoms with Gasteiger partial charge < -0.3 is 19.9 Å². The van der Waals surface area contributed by atoms with Gasteiger partial charge in [0.05, 0.1) is 11.8 Å². The molecule has 2 amide bonds. The third-order valence-electron chi connectivity index (χ3n) is 8.79. The summed E-state index contributed by atoms with van der Waals surface area (Å²) in [7, 11) is 0. The van der Waals surface area contributed by atoms with Crippen LogP contribution in [0.2, 0.25) is 0 Å². The molecule has 0 radical (unpaired) electrons. The van der Waals surface area contributed by atoms with Gasteiger partial charge in [0.15, 0.2) is 11.6 Å². The highest BCUT2D eigenvalue weighted by molar-refractivity contribution is 5.97. The molecule has 1 saturated carbocycles.